The first-order valence-electron chi connectivity index (χ1n) is 10.4. The SMILES string of the molecule is CC[C@]12CCC3C(C=CC4=CC(=O)CC[C@@H]43)C1C1C[C@@H]1[C@@]21C=CCO1. The molecule has 0 aromatic carbocycles. The van der Waals surface area contributed by atoms with Crippen LogP contribution in [-0.4, -0.2) is 18.0 Å². The summed E-state index contributed by atoms with van der Waals surface area (Å²) in [5.41, 5.74) is 1.73. The molecule has 0 aromatic rings. The van der Waals surface area contributed by atoms with Crippen molar-refractivity contribution in [3.63, 3.8) is 0 Å². The van der Waals surface area contributed by atoms with E-state index in [0.29, 0.717) is 23.0 Å². The maximum Gasteiger partial charge on any atom is 0.155 e. The smallest absolute Gasteiger partial charge is 0.155 e. The summed E-state index contributed by atoms with van der Waals surface area (Å²) in [5.74, 6) is 4.87. The Balaban J connectivity index is 1.44. The van der Waals surface area contributed by atoms with Crippen LogP contribution >= 0.6 is 0 Å². The molecule has 0 radical (unpaired) electrons. The summed E-state index contributed by atoms with van der Waals surface area (Å²) in [6, 6.07) is 0. The van der Waals surface area contributed by atoms with Gasteiger partial charge in [0, 0.05) is 11.8 Å². The van der Waals surface area contributed by atoms with E-state index >= 15 is 0 Å². The molecule has 2 heteroatoms. The van der Waals surface area contributed by atoms with Crippen molar-refractivity contribution in [1.82, 2.24) is 0 Å². The van der Waals surface area contributed by atoms with E-state index < -0.39 is 0 Å². The largest absolute Gasteiger partial charge is 0.366 e. The molecule has 3 fully saturated rings. The van der Waals surface area contributed by atoms with E-state index in [4.69, 9.17) is 4.74 Å². The van der Waals surface area contributed by atoms with Crippen molar-refractivity contribution in [3.8, 4) is 0 Å². The highest BCUT2D eigenvalue weighted by molar-refractivity contribution is 5.91. The molecule has 0 N–H and O–H groups in total. The molecular formula is C23H28O2. The first-order valence-corrected chi connectivity index (χ1v) is 10.4. The molecule has 3 saturated carbocycles. The quantitative estimate of drug-likeness (QED) is 0.660. The molecule has 0 bridgehead atoms. The lowest BCUT2D eigenvalue weighted by Crippen LogP contribution is -2.55. The number of ketones is 1. The standard InChI is InChI=1S/C23H28O2/c1-2-22-10-8-17-16-7-5-15(24)12-14(16)4-6-18(17)21(22)19-13-20(19)23(22)9-3-11-25-23/h3-4,6,9,12,16-21H,2,5,7-8,10-11,13H2,1H3/t16-,17?,18?,19?,20-,21?,22-,23-/m0/s1. The lowest BCUT2D eigenvalue weighted by molar-refractivity contribution is -0.133. The van der Waals surface area contributed by atoms with Crippen LogP contribution in [0.1, 0.15) is 45.4 Å². The van der Waals surface area contributed by atoms with Crippen LogP contribution in [0.5, 0.6) is 0 Å². The molecular weight excluding hydrogens is 308 g/mol. The highest BCUT2D eigenvalue weighted by Gasteiger charge is 2.77. The van der Waals surface area contributed by atoms with Crippen LogP contribution in [0.25, 0.3) is 0 Å². The Morgan fingerprint density at radius 3 is 3.00 bits per heavy atom. The van der Waals surface area contributed by atoms with E-state index in [1.54, 1.807) is 0 Å². The summed E-state index contributed by atoms with van der Waals surface area (Å²) >= 11 is 0. The summed E-state index contributed by atoms with van der Waals surface area (Å²) in [4.78, 5) is 11.9. The maximum absolute atomic E-state index is 11.9. The molecule has 5 aliphatic carbocycles. The van der Waals surface area contributed by atoms with Gasteiger partial charge in [-0.2, -0.15) is 0 Å². The Hall–Kier alpha value is -1.15. The van der Waals surface area contributed by atoms with E-state index in [9.17, 15) is 4.79 Å². The van der Waals surface area contributed by atoms with E-state index in [1.165, 1.54) is 31.3 Å². The van der Waals surface area contributed by atoms with Crippen LogP contribution in [0.4, 0.5) is 0 Å². The van der Waals surface area contributed by atoms with Gasteiger partial charge in [-0.3, -0.25) is 4.79 Å². The highest BCUT2D eigenvalue weighted by Crippen LogP contribution is 2.78. The van der Waals surface area contributed by atoms with E-state index in [-0.39, 0.29) is 5.60 Å². The number of carbonyl (C=O) groups is 1. The van der Waals surface area contributed by atoms with Crippen molar-refractivity contribution >= 4 is 5.78 Å². The molecule has 132 valence electrons. The second-order valence-electron chi connectivity index (χ2n) is 9.44. The molecule has 0 aromatic heterocycles. The maximum atomic E-state index is 11.9. The number of hydrogen-bond acceptors (Lipinski definition) is 2. The molecule has 0 saturated heterocycles. The Labute approximate surface area is 150 Å². The number of fused-ring (bicyclic) bond motifs is 9. The van der Waals surface area contributed by atoms with Gasteiger partial charge in [0.15, 0.2) is 5.78 Å². The van der Waals surface area contributed by atoms with Gasteiger partial charge >= 0.3 is 0 Å². The molecule has 6 rings (SSSR count). The lowest BCUT2D eigenvalue weighted by atomic mass is 9.49. The summed E-state index contributed by atoms with van der Waals surface area (Å²) in [6.45, 7) is 3.23. The number of carbonyl (C=O) groups excluding carboxylic acids is 1. The van der Waals surface area contributed by atoms with Gasteiger partial charge in [-0.15, -0.1) is 0 Å². The zero-order valence-corrected chi connectivity index (χ0v) is 15.1. The Bertz CT molecular complexity index is 730. The molecule has 1 heterocycles. The van der Waals surface area contributed by atoms with Crippen molar-refractivity contribution in [1.29, 1.82) is 0 Å². The van der Waals surface area contributed by atoms with Crippen LogP contribution in [0.3, 0.4) is 0 Å². The predicted molar refractivity (Wildman–Crippen MR) is 96.8 cm³/mol. The molecule has 25 heavy (non-hydrogen) atoms. The third-order valence-electron chi connectivity index (χ3n) is 9.00. The molecule has 0 amide bonds. The van der Waals surface area contributed by atoms with Gasteiger partial charge in [0.05, 0.1) is 12.2 Å². The third-order valence-corrected chi connectivity index (χ3v) is 9.00. The fourth-order valence-electron chi connectivity index (χ4n) is 8.15. The minimum Gasteiger partial charge on any atom is -0.366 e. The van der Waals surface area contributed by atoms with Crippen molar-refractivity contribution in [2.45, 2.75) is 51.0 Å². The van der Waals surface area contributed by atoms with Gasteiger partial charge < -0.3 is 4.74 Å². The number of hydrogen-bond donors (Lipinski definition) is 0. The van der Waals surface area contributed by atoms with Gasteiger partial charge in [-0.05, 0) is 79.3 Å². The zero-order valence-electron chi connectivity index (χ0n) is 15.1. The fraction of sp³-hybridized carbons (Fsp3) is 0.696. The van der Waals surface area contributed by atoms with Crippen molar-refractivity contribution in [3.05, 3.63) is 36.0 Å². The first kappa shape index (κ1) is 15.0. The Morgan fingerprint density at radius 2 is 2.20 bits per heavy atom. The lowest BCUT2D eigenvalue weighted by Gasteiger charge is -2.57. The second-order valence-corrected chi connectivity index (χ2v) is 9.44. The summed E-state index contributed by atoms with van der Waals surface area (Å²) in [6.07, 6.45) is 18.6. The van der Waals surface area contributed by atoms with E-state index in [0.717, 1.165) is 43.1 Å². The van der Waals surface area contributed by atoms with Crippen molar-refractivity contribution < 1.29 is 9.53 Å². The fourth-order valence-corrected chi connectivity index (χ4v) is 8.15. The van der Waals surface area contributed by atoms with Gasteiger partial charge in [0.25, 0.3) is 0 Å². The zero-order chi connectivity index (χ0) is 16.8. The summed E-state index contributed by atoms with van der Waals surface area (Å²) in [7, 11) is 0. The van der Waals surface area contributed by atoms with Gasteiger partial charge in [-0.25, -0.2) is 0 Å². The predicted octanol–water partition coefficient (Wildman–Crippen LogP) is 4.48. The minimum atomic E-state index is 0.0501. The average Bonchev–Trinajstić information content (AvgIpc) is 3.20. The van der Waals surface area contributed by atoms with Crippen LogP contribution in [0.15, 0.2) is 36.0 Å². The van der Waals surface area contributed by atoms with Gasteiger partial charge in [0.2, 0.25) is 0 Å². The molecule has 4 unspecified atom stereocenters. The van der Waals surface area contributed by atoms with Crippen LogP contribution in [0, 0.1) is 40.9 Å². The van der Waals surface area contributed by atoms with Crippen molar-refractivity contribution in [2.24, 2.45) is 40.9 Å². The monoisotopic (exact) mass is 336 g/mol. The molecule has 1 spiro atoms. The van der Waals surface area contributed by atoms with E-state index in [1.807, 2.05) is 6.08 Å². The van der Waals surface area contributed by atoms with Crippen LogP contribution in [0.2, 0.25) is 0 Å². The molecule has 2 nitrogen and oxygen atoms in total. The second kappa shape index (κ2) is 4.76. The van der Waals surface area contributed by atoms with Crippen LogP contribution < -0.4 is 0 Å². The topological polar surface area (TPSA) is 26.3 Å². The molecule has 1 aliphatic heterocycles. The van der Waals surface area contributed by atoms with E-state index in [2.05, 4.69) is 31.2 Å². The van der Waals surface area contributed by atoms with Gasteiger partial charge in [-0.1, -0.05) is 31.2 Å². The molecule has 8 atom stereocenters. The summed E-state index contributed by atoms with van der Waals surface area (Å²) in [5, 5.41) is 0. The number of ether oxygens (including phenoxy) is 1. The number of rotatable bonds is 1. The average molecular weight is 336 g/mol. The normalized spacial score (nSPS) is 54.8. The third kappa shape index (κ3) is 1.64. The molecule has 6 aliphatic rings. The Kier molecular flexibility index (Phi) is 2.85. The number of allylic oxidation sites excluding steroid dienone is 4. The van der Waals surface area contributed by atoms with Crippen molar-refractivity contribution in [2.75, 3.05) is 6.61 Å². The highest BCUT2D eigenvalue weighted by atomic mass is 16.5. The first-order chi connectivity index (χ1) is 12.2. The Morgan fingerprint density at radius 1 is 1.28 bits per heavy atom. The van der Waals surface area contributed by atoms with Crippen LogP contribution in [-0.2, 0) is 9.53 Å². The minimum absolute atomic E-state index is 0.0501. The summed E-state index contributed by atoms with van der Waals surface area (Å²) < 4.78 is 6.53. The van der Waals surface area contributed by atoms with Gasteiger partial charge in [0.1, 0.15) is 0 Å².